The molecular formula is C15H19N3S. The lowest BCUT2D eigenvalue weighted by atomic mass is 10.1. The van der Waals surface area contributed by atoms with Crippen molar-refractivity contribution < 1.29 is 0 Å². The maximum absolute atomic E-state index is 5.99. The highest BCUT2D eigenvalue weighted by atomic mass is 32.2. The van der Waals surface area contributed by atoms with Crippen LogP contribution in [0, 0.1) is 0 Å². The lowest BCUT2D eigenvalue weighted by Crippen LogP contribution is -2.20. The van der Waals surface area contributed by atoms with E-state index in [1.807, 2.05) is 24.5 Å². The van der Waals surface area contributed by atoms with Crippen LogP contribution in [0.25, 0.3) is 10.8 Å². The summed E-state index contributed by atoms with van der Waals surface area (Å²) in [6.45, 7) is 1.03. The second kappa shape index (κ2) is 5.70. The summed E-state index contributed by atoms with van der Waals surface area (Å²) in [5, 5.41) is 6.51. The average molecular weight is 273 g/mol. The fraction of sp³-hybridized carbons (Fsp3) is 0.400. The molecule has 1 aliphatic heterocycles. The van der Waals surface area contributed by atoms with Crippen LogP contribution in [-0.4, -0.2) is 22.5 Å². The van der Waals surface area contributed by atoms with Crippen molar-refractivity contribution in [3.8, 4) is 0 Å². The molecule has 100 valence electrons. The number of benzene rings is 1. The quantitative estimate of drug-likeness (QED) is 0.840. The highest BCUT2D eigenvalue weighted by Gasteiger charge is 2.14. The number of nitrogen functional groups attached to an aromatic ring is 1. The van der Waals surface area contributed by atoms with Gasteiger partial charge in [0.15, 0.2) is 0 Å². The second-order valence-electron chi connectivity index (χ2n) is 4.99. The molecular weight excluding hydrogens is 254 g/mol. The van der Waals surface area contributed by atoms with Gasteiger partial charge in [-0.3, -0.25) is 4.98 Å². The lowest BCUT2D eigenvalue weighted by molar-refractivity contribution is 0.678. The molecule has 0 aliphatic carbocycles. The maximum Gasteiger partial charge on any atom is 0.0422 e. The molecule has 0 saturated carbocycles. The van der Waals surface area contributed by atoms with E-state index < -0.39 is 0 Å². The van der Waals surface area contributed by atoms with Crippen molar-refractivity contribution >= 4 is 33.9 Å². The van der Waals surface area contributed by atoms with Crippen molar-refractivity contribution in [2.75, 3.05) is 23.3 Å². The summed E-state index contributed by atoms with van der Waals surface area (Å²) in [5.41, 5.74) is 7.95. The van der Waals surface area contributed by atoms with E-state index in [-0.39, 0.29) is 0 Å². The first-order valence-corrected chi connectivity index (χ1v) is 7.87. The molecule has 1 atom stereocenters. The summed E-state index contributed by atoms with van der Waals surface area (Å²) in [7, 11) is 0. The Morgan fingerprint density at radius 2 is 2.21 bits per heavy atom. The first-order chi connectivity index (χ1) is 9.34. The van der Waals surface area contributed by atoms with Crippen molar-refractivity contribution in [2.24, 2.45) is 0 Å². The fourth-order valence-electron chi connectivity index (χ4n) is 2.56. The Labute approximate surface area is 118 Å². The number of thioether (sulfide) groups is 1. The zero-order chi connectivity index (χ0) is 13.1. The van der Waals surface area contributed by atoms with Crippen molar-refractivity contribution in [1.29, 1.82) is 0 Å². The number of nitrogens with two attached hydrogens (primary N) is 1. The molecule has 1 aliphatic rings. The molecule has 2 heterocycles. The molecule has 0 radical (unpaired) electrons. The van der Waals surface area contributed by atoms with E-state index in [0.717, 1.165) is 33.9 Å². The zero-order valence-electron chi connectivity index (χ0n) is 10.9. The monoisotopic (exact) mass is 273 g/mol. The third-order valence-corrected chi connectivity index (χ3v) is 5.04. The van der Waals surface area contributed by atoms with Gasteiger partial charge in [-0.15, -0.1) is 0 Å². The predicted molar refractivity (Wildman–Crippen MR) is 84.7 cm³/mol. The summed E-state index contributed by atoms with van der Waals surface area (Å²) < 4.78 is 0. The van der Waals surface area contributed by atoms with Crippen LogP contribution in [0.4, 0.5) is 11.4 Å². The van der Waals surface area contributed by atoms with E-state index in [2.05, 4.69) is 28.1 Å². The van der Waals surface area contributed by atoms with Gasteiger partial charge in [0.05, 0.1) is 0 Å². The number of anilines is 2. The van der Waals surface area contributed by atoms with Gasteiger partial charge in [-0.05, 0) is 36.8 Å². The van der Waals surface area contributed by atoms with Crippen LogP contribution in [0.1, 0.15) is 19.3 Å². The molecule has 0 spiro atoms. The van der Waals surface area contributed by atoms with Crippen molar-refractivity contribution in [3.63, 3.8) is 0 Å². The minimum Gasteiger partial charge on any atom is -0.398 e. The van der Waals surface area contributed by atoms with Gasteiger partial charge in [0.1, 0.15) is 0 Å². The Kier molecular flexibility index (Phi) is 3.78. The molecule has 3 rings (SSSR count). The molecule has 1 aromatic carbocycles. The summed E-state index contributed by atoms with van der Waals surface area (Å²) in [6, 6.07) is 6.06. The SMILES string of the molecule is Nc1ccc(NCC2CCCCS2)c2ccncc12. The Morgan fingerprint density at radius 3 is 3.05 bits per heavy atom. The number of pyridine rings is 1. The predicted octanol–water partition coefficient (Wildman–Crippen LogP) is 3.51. The molecule has 4 heteroatoms. The summed E-state index contributed by atoms with van der Waals surface area (Å²) in [6.07, 6.45) is 7.73. The van der Waals surface area contributed by atoms with Crippen LogP contribution in [-0.2, 0) is 0 Å². The smallest absolute Gasteiger partial charge is 0.0422 e. The lowest BCUT2D eigenvalue weighted by Gasteiger charge is -2.22. The summed E-state index contributed by atoms with van der Waals surface area (Å²) in [4.78, 5) is 4.15. The molecule has 1 unspecified atom stereocenters. The van der Waals surface area contributed by atoms with Crippen LogP contribution in [0.15, 0.2) is 30.6 Å². The Bertz CT molecular complexity index is 564. The van der Waals surface area contributed by atoms with Gasteiger partial charge < -0.3 is 11.1 Å². The molecule has 1 saturated heterocycles. The first-order valence-electron chi connectivity index (χ1n) is 6.82. The van der Waals surface area contributed by atoms with E-state index >= 15 is 0 Å². The van der Waals surface area contributed by atoms with Crippen LogP contribution in [0.3, 0.4) is 0 Å². The topological polar surface area (TPSA) is 50.9 Å². The van der Waals surface area contributed by atoms with E-state index in [9.17, 15) is 0 Å². The molecule has 1 fully saturated rings. The Balaban J connectivity index is 1.79. The standard InChI is InChI=1S/C15H19N3S/c16-14-4-5-15(12-6-7-17-10-13(12)14)18-9-11-3-1-2-8-19-11/h4-7,10-11,18H,1-3,8-9,16H2. The minimum atomic E-state index is 0.739. The Hall–Kier alpha value is -1.42. The molecule has 1 aromatic heterocycles. The summed E-state index contributed by atoms with van der Waals surface area (Å²) in [5.74, 6) is 1.30. The van der Waals surface area contributed by atoms with Gasteiger partial charge in [-0.1, -0.05) is 6.42 Å². The number of aromatic nitrogens is 1. The highest BCUT2D eigenvalue weighted by Crippen LogP contribution is 2.29. The number of nitrogens with zero attached hydrogens (tertiary/aromatic N) is 1. The largest absolute Gasteiger partial charge is 0.398 e. The van der Waals surface area contributed by atoms with E-state index in [1.54, 1.807) is 0 Å². The first kappa shape index (κ1) is 12.6. The number of fused-ring (bicyclic) bond motifs is 1. The molecule has 19 heavy (non-hydrogen) atoms. The van der Waals surface area contributed by atoms with Gasteiger partial charge in [0, 0.05) is 46.3 Å². The fourth-order valence-corrected chi connectivity index (χ4v) is 3.80. The van der Waals surface area contributed by atoms with Crippen LogP contribution in [0.5, 0.6) is 0 Å². The zero-order valence-corrected chi connectivity index (χ0v) is 11.7. The van der Waals surface area contributed by atoms with Gasteiger partial charge in [0.2, 0.25) is 0 Å². The third kappa shape index (κ3) is 2.78. The maximum atomic E-state index is 5.99. The van der Waals surface area contributed by atoms with Gasteiger partial charge in [-0.2, -0.15) is 11.8 Å². The molecule has 0 bridgehead atoms. The van der Waals surface area contributed by atoms with Gasteiger partial charge >= 0.3 is 0 Å². The number of nitrogens with one attached hydrogen (secondary N) is 1. The second-order valence-corrected chi connectivity index (χ2v) is 6.40. The molecule has 0 amide bonds. The molecule has 2 aromatic rings. The van der Waals surface area contributed by atoms with Crippen LogP contribution < -0.4 is 11.1 Å². The van der Waals surface area contributed by atoms with Gasteiger partial charge in [-0.25, -0.2) is 0 Å². The number of rotatable bonds is 3. The van der Waals surface area contributed by atoms with Crippen LogP contribution >= 0.6 is 11.8 Å². The van der Waals surface area contributed by atoms with E-state index in [1.165, 1.54) is 25.0 Å². The molecule has 3 N–H and O–H groups in total. The highest BCUT2D eigenvalue weighted by molar-refractivity contribution is 7.99. The minimum absolute atomic E-state index is 0.739. The third-order valence-electron chi connectivity index (χ3n) is 3.65. The van der Waals surface area contributed by atoms with E-state index in [0.29, 0.717) is 0 Å². The van der Waals surface area contributed by atoms with Crippen LogP contribution in [0.2, 0.25) is 0 Å². The van der Waals surface area contributed by atoms with Crippen molar-refractivity contribution in [3.05, 3.63) is 30.6 Å². The number of hydrogen-bond acceptors (Lipinski definition) is 4. The average Bonchev–Trinajstić information content (AvgIpc) is 2.48. The van der Waals surface area contributed by atoms with Crippen molar-refractivity contribution in [2.45, 2.75) is 24.5 Å². The van der Waals surface area contributed by atoms with Crippen molar-refractivity contribution in [1.82, 2.24) is 4.98 Å². The van der Waals surface area contributed by atoms with E-state index in [4.69, 9.17) is 5.73 Å². The normalized spacial score (nSPS) is 19.5. The summed E-state index contributed by atoms with van der Waals surface area (Å²) >= 11 is 2.09. The molecule has 3 nitrogen and oxygen atoms in total. The number of hydrogen-bond donors (Lipinski definition) is 2. The Morgan fingerprint density at radius 1 is 1.26 bits per heavy atom. The van der Waals surface area contributed by atoms with Gasteiger partial charge in [0.25, 0.3) is 0 Å².